The first-order chi connectivity index (χ1) is 15.5. The van der Waals surface area contributed by atoms with Gasteiger partial charge < -0.3 is 30.2 Å². The molecule has 2 heterocycles. The number of nitrogens with zero attached hydrogens (tertiary/aromatic N) is 4. The molecule has 1 aliphatic heterocycles. The van der Waals surface area contributed by atoms with Gasteiger partial charge in [0, 0.05) is 37.9 Å². The van der Waals surface area contributed by atoms with Crippen molar-refractivity contribution in [1.82, 2.24) is 20.0 Å². The molecule has 0 radical (unpaired) electrons. The van der Waals surface area contributed by atoms with Crippen molar-refractivity contribution in [2.75, 3.05) is 25.0 Å². The van der Waals surface area contributed by atoms with Crippen molar-refractivity contribution in [3.05, 3.63) is 34.7 Å². The number of nitrogens with one attached hydrogen (secondary N) is 1. The standard InChI is InChI=1S/C23H36N6O4/c1-13(2)32-23(31)29-8-7-28(11-15(29)4)12-18-9-14(3)10-19(16(18)5)25-22-27-26-21(33-22)20(24)17(6)30/h9-10,13,15,17,20,30H,7-8,11-12,24H2,1-6H3,(H,25,27)/t15-,17+,20-/m0/s1. The van der Waals surface area contributed by atoms with Gasteiger partial charge >= 0.3 is 12.1 Å². The molecule has 0 unspecified atom stereocenters. The third kappa shape index (κ3) is 6.21. The summed E-state index contributed by atoms with van der Waals surface area (Å²) in [6.07, 6.45) is -1.16. The Balaban J connectivity index is 1.69. The lowest BCUT2D eigenvalue weighted by molar-refractivity contribution is 0.0349. The Morgan fingerprint density at radius 1 is 1.30 bits per heavy atom. The molecule has 1 fully saturated rings. The maximum Gasteiger partial charge on any atom is 0.410 e. The zero-order valence-corrected chi connectivity index (χ0v) is 20.3. The Labute approximate surface area is 195 Å². The van der Waals surface area contributed by atoms with Crippen LogP contribution in [-0.4, -0.2) is 69.1 Å². The number of piperazine rings is 1. The number of nitrogens with two attached hydrogens (primary N) is 1. The Morgan fingerprint density at radius 3 is 2.67 bits per heavy atom. The van der Waals surface area contributed by atoms with Crippen LogP contribution in [0.2, 0.25) is 0 Å². The number of aliphatic hydroxyl groups is 1. The Bertz CT molecular complexity index is 960. The highest BCUT2D eigenvalue weighted by molar-refractivity contribution is 5.68. The van der Waals surface area contributed by atoms with Gasteiger partial charge in [0.25, 0.3) is 0 Å². The maximum atomic E-state index is 12.3. The summed E-state index contributed by atoms with van der Waals surface area (Å²) in [5, 5.41) is 20.8. The summed E-state index contributed by atoms with van der Waals surface area (Å²) >= 11 is 0. The number of ether oxygens (including phenoxy) is 1. The maximum absolute atomic E-state index is 12.3. The predicted octanol–water partition coefficient (Wildman–Crippen LogP) is 2.86. The molecule has 1 amide bonds. The number of hydrogen-bond donors (Lipinski definition) is 3. The average molecular weight is 461 g/mol. The number of aliphatic hydroxyl groups excluding tert-OH is 1. The van der Waals surface area contributed by atoms with Crippen LogP contribution in [0.4, 0.5) is 16.5 Å². The zero-order chi connectivity index (χ0) is 24.3. The average Bonchev–Trinajstić information content (AvgIpc) is 3.18. The first-order valence-corrected chi connectivity index (χ1v) is 11.4. The number of benzene rings is 1. The van der Waals surface area contributed by atoms with E-state index in [2.05, 4.69) is 40.3 Å². The lowest BCUT2D eigenvalue weighted by atomic mass is 10.0. The monoisotopic (exact) mass is 460 g/mol. The lowest BCUT2D eigenvalue weighted by Crippen LogP contribution is -2.54. The molecule has 0 spiro atoms. The molecule has 1 aliphatic rings. The Hall–Kier alpha value is -2.69. The number of rotatable bonds is 7. The summed E-state index contributed by atoms with van der Waals surface area (Å²) in [4.78, 5) is 16.5. The van der Waals surface area contributed by atoms with Crippen molar-refractivity contribution in [3.8, 4) is 0 Å². The van der Waals surface area contributed by atoms with E-state index < -0.39 is 12.1 Å². The van der Waals surface area contributed by atoms with Gasteiger partial charge in [-0.05, 0) is 64.3 Å². The number of aromatic nitrogens is 2. The summed E-state index contributed by atoms with van der Waals surface area (Å²) < 4.78 is 11.0. The molecule has 3 rings (SSSR count). The molecular weight excluding hydrogens is 424 g/mol. The zero-order valence-electron chi connectivity index (χ0n) is 20.3. The topological polar surface area (TPSA) is 130 Å². The molecule has 1 aromatic carbocycles. The number of hydrogen-bond acceptors (Lipinski definition) is 9. The second kappa shape index (κ2) is 10.5. The highest BCUT2D eigenvalue weighted by Gasteiger charge is 2.29. The summed E-state index contributed by atoms with van der Waals surface area (Å²) in [6, 6.07) is 3.77. The van der Waals surface area contributed by atoms with Gasteiger partial charge in [-0.15, -0.1) is 5.10 Å². The highest BCUT2D eigenvalue weighted by Crippen LogP contribution is 2.27. The van der Waals surface area contributed by atoms with Crippen LogP contribution in [0.3, 0.4) is 0 Å². The van der Waals surface area contributed by atoms with Gasteiger partial charge in [0.15, 0.2) is 0 Å². The van der Waals surface area contributed by atoms with Gasteiger partial charge in [-0.2, -0.15) is 0 Å². The van der Waals surface area contributed by atoms with E-state index in [-0.39, 0.29) is 30.1 Å². The van der Waals surface area contributed by atoms with Gasteiger partial charge in [0.2, 0.25) is 5.89 Å². The van der Waals surface area contributed by atoms with Crippen LogP contribution in [0.15, 0.2) is 16.5 Å². The summed E-state index contributed by atoms with van der Waals surface area (Å²) in [5.41, 5.74) is 10.1. The van der Waals surface area contributed by atoms with E-state index in [0.29, 0.717) is 6.54 Å². The molecule has 2 aromatic rings. The SMILES string of the molecule is Cc1cc(CN2CCN(C(=O)OC(C)C)[C@@H](C)C2)c(C)c(Nc2nnc([C@@H](N)[C@@H](C)O)o2)c1. The number of carbonyl (C=O) groups excluding carboxylic acids is 1. The second-order valence-electron chi connectivity index (χ2n) is 9.14. The van der Waals surface area contributed by atoms with Crippen LogP contribution in [-0.2, 0) is 11.3 Å². The van der Waals surface area contributed by atoms with Crippen molar-refractivity contribution in [1.29, 1.82) is 0 Å². The van der Waals surface area contributed by atoms with Crippen LogP contribution in [0.1, 0.15) is 56.3 Å². The molecule has 10 nitrogen and oxygen atoms in total. The fourth-order valence-corrected chi connectivity index (χ4v) is 3.93. The van der Waals surface area contributed by atoms with Crippen LogP contribution in [0.25, 0.3) is 0 Å². The van der Waals surface area contributed by atoms with E-state index >= 15 is 0 Å². The van der Waals surface area contributed by atoms with Crippen LogP contribution in [0, 0.1) is 13.8 Å². The Kier molecular flexibility index (Phi) is 7.93. The minimum absolute atomic E-state index is 0.0719. The fourth-order valence-electron chi connectivity index (χ4n) is 3.93. The molecule has 33 heavy (non-hydrogen) atoms. The van der Waals surface area contributed by atoms with Crippen molar-refractivity contribution in [3.63, 3.8) is 0 Å². The van der Waals surface area contributed by atoms with E-state index in [9.17, 15) is 9.90 Å². The third-order valence-electron chi connectivity index (χ3n) is 5.82. The largest absolute Gasteiger partial charge is 0.447 e. The lowest BCUT2D eigenvalue weighted by Gasteiger charge is -2.39. The highest BCUT2D eigenvalue weighted by atomic mass is 16.6. The molecule has 0 aliphatic carbocycles. The van der Waals surface area contributed by atoms with E-state index in [1.54, 1.807) is 11.8 Å². The summed E-state index contributed by atoms with van der Waals surface area (Å²) in [7, 11) is 0. The Morgan fingerprint density at radius 2 is 2.03 bits per heavy atom. The number of aryl methyl sites for hydroxylation is 1. The molecular formula is C23H36N6O4. The molecule has 0 saturated carbocycles. The van der Waals surface area contributed by atoms with Crippen molar-refractivity contribution >= 4 is 17.8 Å². The van der Waals surface area contributed by atoms with E-state index in [4.69, 9.17) is 14.9 Å². The summed E-state index contributed by atoms with van der Waals surface area (Å²) in [5.74, 6) is 0.181. The van der Waals surface area contributed by atoms with E-state index in [1.165, 1.54) is 5.56 Å². The number of amides is 1. The smallest absolute Gasteiger partial charge is 0.410 e. The molecule has 3 atom stereocenters. The van der Waals surface area contributed by atoms with Crippen LogP contribution < -0.4 is 11.1 Å². The van der Waals surface area contributed by atoms with E-state index in [0.717, 1.165) is 36.4 Å². The van der Waals surface area contributed by atoms with Crippen molar-refractivity contribution in [2.45, 2.75) is 72.4 Å². The first kappa shape index (κ1) is 24.9. The quantitative estimate of drug-likeness (QED) is 0.571. The predicted molar refractivity (Wildman–Crippen MR) is 125 cm³/mol. The molecule has 10 heteroatoms. The normalized spacial score (nSPS) is 18.9. The van der Waals surface area contributed by atoms with Crippen LogP contribution in [0.5, 0.6) is 0 Å². The number of anilines is 2. The minimum atomic E-state index is -0.791. The molecule has 1 aromatic heterocycles. The third-order valence-corrected chi connectivity index (χ3v) is 5.82. The van der Waals surface area contributed by atoms with Gasteiger partial charge in [-0.3, -0.25) is 4.90 Å². The molecule has 4 N–H and O–H groups in total. The van der Waals surface area contributed by atoms with Crippen LogP contribution >= 0.6 is 0 Å². The van der Waals surface area contributed by atoms with Crippen molar-refractivity contribution < 1.29 is 19.1 Å². The minimum Gasteiger partial charge on any atom is -0.447 e. The summed E-state index contributed by atoms with van der Waals surface area (Å²) in [6.45, 7) is 14.4. The van der Waals surface area contributed by atoms with Gasteiger partial charge in [-0.25, -0.2) is 4.79 Å². The molecule has 1 saturated heterocycles. The van der Waals surface area contributed by atoms with E-state index in [1.807, 2.05) is 26.8 Å². The second-order valence-corrected chi connectivity index (χ2v) is 9.14. The molecule has 0 bridgehead atoms. The van der Waals surface area contributed by atoms with Gasteiger partial charge in [0.05, 0.1) is 12.2 Å². The first-order valence-electron chi connectivity index (χ1n) is 11.4. The van der Waals surface area contributed by atoms with Gasteiger partial charge in [0.1, 0.15) is 6.04 Å². The van der Waals surface area contributed by atoms with Gasteiger partial charge in [-0.1, -0.05) is 11.2 Å². The fraction of sp³-hybridized carbons (Fsp3) is 0.609. The van der Waals surface area contributed by atoms with Crippen molar-refractivity contribution in [2.24, 2.45) is 5.73 Å². The number of carbonyl (C=O) groups is 1. The molecule has 182 valence electrons.